The van der Waals surface area contributed by atoms with Gasteiger partial charge >= 0.3 is 0 Å². The Balaban J connectivity index is 1.56. The predicted molar refractivity (Wildman–Crippen MR) is 116 cm³/mol. The SMILES string of the molecule is COc1ccc2c(c1)CC(c1nc(N(C)C)c3cc(-c4cn[nH]c4)ccc3n1)CO2. The Labute approximate surface area is 174 Å². The molecule has 0 fully saturated rings. The van der Waals surface area contributed by atoms with Crippen molar-refractivity contribution >= 4 is 16.7 Å². The zero-order valence-electron chi connectivity index (χ0n) is 17.2. The van der Waals surface area contributed by atoms with Crippen LogP contribution in [0.25, 0.3) is 22.0 Å². The van der Waals surface area contributed by atoms with Gasteiger partial charge in [0.15, 0.2) is 0 Å². The highest BCUT2D eigenvalue weighted by molar-refractivity contribution is 5.93. The van der Waals surface area contributed by atoms with Gasteiger partial charge in [-0.05, 0) is 47.9 Å². The monoisotopic (exact) mass is 401 g/mol. The lowest BCUT2D eigenvalue weighted by atomic mass is 9.95. The third kappa shape index (κ3) is 3.22. The molecule has 2 aromatic carbocycles. The van der Waals surface area contributed by atoms with Crippen LogP contribution in [0, 0.1) is 0 Å². The molecule has 0 radical (unpaired) electrons. The largest absolute Gasteiger partial charge is 0.497 e. The predicted octanol–water partition coefficient (Wildman–Crippen LogP) is 3.81. The van der Waals surface area contributed by atoms with Gasteiger partial charge in [-0.15, -0.1) is 0 Å². The van der Waals surface area contributed by atoms with E-state index in [1.54, 1.807) is 7.11 Å². The smallest absolute Gasteiger partial charge is 0.139 e. The minimum atomic E-state index is 0.0845. The van der Waals surface area contributed by atoms with Crippen LogP contribution in [0.15, 0.2) is 48.8 Å². The lowest BCUT2D eigenvalue weighted by Gasteiger charge is -2.26. The molecule has 2 aromatic heterocycles. The molecule has 1 atom stereocenters. The van der Waals surface area contributed by atoms with Crippen molar-refractivity contribution in [2.24, 2.45) is 0 Å². The van der Waals surface area contributed by atoms with Crippen LogP contribution in [-0.4, -0.2) is 48.0 Å². The second-order valence-electron chi connectivity index (χ2n) is 7.70. The number of hydrogen-bond acceptors (Lipinski definition) is 6. The van der Waals surface area contributed by atoms with Gasteiger partial charge in [-0.1, -0.05) is 6.07 Å². The van der Waals surface area contributed by atoms with E-state index in [2.05, 4.69) is 28.4 Å². The fourth-order valence-electron chi connectivity index (χ4n) is 3.91. The zero-order valence-corrected chi connectivity index (χ0v) is 17.2. The molecular formula is C23H23N5O2. The van der Waals surface area contributed by atoms with Gasteiger partial charge < -0.3 is 14.4 Å². The van der Waals surface area contributed by atoms with E-state index in [1.165, 1.54) is 0 Å². The van der Waals surface area contributed by atoms with Crippen molar-refractivity contribution in [1.82, 2.24) is 20.2 Å². The summed E-state index contributed by atoms with van der Waals surface area (Å²) in [7, 11) is 5.69. The molecule has 7 heteroatoms. The van der Waals surface area contributed by atoms with Crippen LogP contribution in [0.3, 0.4) is 0 Å². The Morgan fingerprint density at radius 3 is 2.77 bits per heavy atom. The summed E-state index contributed by atoms with van der Waals surface area (Å²) in [6.45, 7) is 0.560. The summed E-state index contributed by atoms with van der Waals surface area (Å²) < 4.78 is 11.4. The average molecular weight is 401 g/mol. The summed E-state index contributed by atoms with van der Waals surface area (Å²) in [5.74, 6) is 3.53. The molecular weight excluding hydrogens is 378 g/mol. The first-order valence-electron chi connectivity index (χ1n) is 9.90. The number of anilines is 1. The summed E-state index contributed by atoms with van der Waals surface area (Å²) >= 11 is 0. The maximum atomic E-state index is 6.01. The van der Waals surface area contributed by atoms with E-state index in [-0.39, 0.29) is 5.92 Å². The second-order valence-corrected chi connectivity index (χ2v) is 7.70. The summed E-state index contributed by atoms with van der Waals surface area (Å²) in [4.78, 5) is 11.9. The van der Waals surface area contributed by atoms with Crippen molar-refractivity contribution in [3.8, 4) is 22.6 Å². The van der Waals surface area contributed by atoms with Gasteiger partial charge in [0.2, 0.25) is 0 Å². The van der Waals surface area contributed by atoms with Crippen molar-refractivity contribution in [1.29, 1.82) is 0 Å². The minimum Gasteiger partial charge on any atom is -0.497 e. The summed E-state index contributed by atoms with van der Waals surface area (Å²) in [5, 5.41) is 7.94. The first-order chi connectivity index (χ1) is 14.6. The fourth-order valence-corrected chi connectivity index (χ4v) is 3.91. The van der Waals surface area contributed by atoms with Crippen molar-refractivity contribution in [2.45, 2.75) is 12.3 Å². The number of aromatic amines is 1. The molecule has 5 rings (SSSR count). The molecule has 152 valence electrons. The van der Waals surface area contributed by atoms with Gasteiger partial charge in [-0.25, -0.2) is 9.97 Å². The normalized spacial score (nSPS) is 15.5. The Morgan fingerprint density at radius 2 is 2.00 bits per heavy atom. The van der Waals surface area contributed by atoms with E-state index < -0.39 is 0 Å². The number of aromatic nitrogens is 4. The fraction of sp³-hybridized carbons (Fsp3) is 0.261. The number of nitrogens with one attached hydrogen (secondary N) is 1. The number of H-pyrrole nitrogens is 1. The number of methoxy groups -OCH3 is 1. The molecule has 1 unspecified atom stereocenters. The maximum absolute atomic E-state index is 6.01. The van der Waals surface area contributed by atoms with Crippen molar-refractivity contribution in [3.05, 3.63) is 60.2 Å². The Kier molecular flexibility index (Phi) is 4.50. The number of ether oxygens (including phenoxy) is 2. The third-order valence-corrected chi connectivity index (χ3v) is 5.49. The van der Waals surface area contributed by atoms with Crippen molar-refractivity contribution in [2.75, 3.05) is 32.7 Å². The third-order valence-electron chi connectivity index (χ3n) is 5.49. The Bertz CT molecular complexity index is 1200. The van der Waals surface area contributed by atoms with E-state index in [0.717, 1.165) is 57.2 Å². The first-order valence-corrected chi connectivity index (χ1v) is 9.90. The molecule has 4 aromatic rings. The molecule has 0 saturated carbocycles. The molecule has 1 aliphatic heterocycles. The Hall–Kier alpha value is -3.61. The van der Waals surface area contributed by atoms with Crippen LogP contribution in [0.2, 0.25) is 0 Å². The van der Waals surface area contributed by atoms with E-state index >= 15 is 0 Å². The maximum Gasteiger partial charge on any atom is 0.139 e. The number of hydrogen-bond donors (Lipinski definition) is 1. The van der Waals surface area contributed by atoms with Crippen LogP contribution in [0.5, 0.6) is 11.5 Å². The summed E-state index contributed by atoms with van der Waals surface area (Å²) in [6, 6.07) is 12.2. The standard InChI is InChI=1S/C23H23N5O2/c1-28(2)23-19-10-14(17-11-24-25-12-17)4-6-20(19)26-22(27-23)16-8-15-9-18(29-3)5-7-21(15)30-13-16/h4-7,9-12,16H,8,13H2,1-3H3,(H,24,25). The van der Waals surface area contributed by atoms with E-state index in [0.29, 0.717) is 6.61 Å². The van der Waals surface area contributed by atoms with E-state index in [4.69, 9.17) is 19.4 Å². The first kappa shape index (κ1) is 18.4. The molecule has 0 amide bonds. The minimum absolute atomic E-state index is 0.0845. The molecule has 7 nitrogen and oxygen atoms in total. The number of benzene rings is 2. The molecule has 1 N–H and O–H groups in total. The van der Waals surface area contributed by atoms with Crippen LogP contribution >= 0.6 is 0 Å². The molecule has 0 saturated heterocycles. The van der Waals surface area contributed by atoms with Gasteiger partial charge in [0.05, 0.1) is 31.3 Å². The molecule has 0 aliphatic carbocycles. The number of fused-ring (bicyclic) bond motifs is 2. The average Bonchev–Trinajstić information content (AvgIpc) is 3.32. The highest BCUT2D eigenvalue weighted by Gasteiger charge is 2.25. The van der Waals surface area contributed by atoms with Crippen LogP contribution < -0.4 is 14.4 Å². The second kappa shape index (κ2) is 7.33. The lowest BCUT2D eigenvalue weighted by Crippen LogP contribution is -2.22. The molecule has 1 aliphatic rings. The van der Waals surface area contributed by atoms with Crippen molar-refractivity contribution < 1.29 is 9.47 Å². The van der Waals surface area contributed by atoms with Crippen LogP contribution in [-0.2, 0) is 6.42 Å². The topological polar surface area (TPSA) is 76.2 Å². The summed E-state index contributed by atoms with van der Waals surface area (Å²) in [5.41, 5.74) is 4.16. The highest BCUT2D eigenvalue weighted by atomic mass is 16.5. The summed E-state index contributed by atoms with van der Waals surface area (Å²) in [6.07, 6.45) is 4.52. The zero-order chi connectivity index (χ0) is 20.7. The molecule has 0 spiro atoms. The highest BCUT2D eigenvalue weighted by Crippen LogP contribution is 2.35. The van der Waals surface area contributed by atoms with Crippen LogP contribution in [0.1, 0.15) is 17.3 Å². The van der Waals surface area contributed by atoms with E-state index in [9.17, 15) is 0 Å². The number of nitrogens with zero attached hydrogens (tertiary/aromatic N) is 4. The van der Waals surface area contributed by atoms with Gasteiger partial charge in [-0.3, -0.25) is 5.10 Å². The number of rotatable bonds is 4. The van der Waals surface area contributed by atoms with E-state index in [1.807, 2.05) is 49.6 Å². The van der Waals surface area contributed by atoms with Gasteiger partial charge in [0, 0.05) is 31.2 Å². The molecule has 30 heavy (non-hydrogen) atoms. The van der Waals surface area contributed by atoms with Crippen LogP contribution in [0.4, 0.5) is 5.82 Å². The van der Waals surface area contributed by atoms with Gasteiger partial charge in [0.1, 0.15) is 23.1 Å². The van der Waals surface area contributed by atoms with Crippen molar-refractivity contribution in [3.63, 3.8) is 0 Å². The van der Waals surface area contributed by atoms with Gasteiger partial charge in [0.25, 0.3) is 0 Å². The van der Waals surface area contributed by atoms with Gasteiger partial charge in [-0.2, -0.15) is 5.10 Å². The lowest BCUT2D eigenvalue weighted by molar-refractivity contribution is 0.257. The molecule has 3 heterocycles. The quantitative estimate of drug-likeness (QED) is 0.560. The Morgan fingerprint density at radius 1 is 1.10 bits per heavy atom. The molecule has 0 bridgehead atoms.